The first kappa shape index (κ1) is 21.2. The van der Waals surface area contributed by atoms with Crippen molar-refractivity contribution in [3.05, 3.63) is 78.6 Å². The zero-order valence-corrected chi connectivity index (χ0v) is 16.5. The third-order valence-electron chi connectivity index (χ3n) is 4.65. The summed E-state index contributed by atoms with van der Waals surface area (Å²) in [6.45, 7) is 1.22. The van der Waals surface area contributed by atoms with E-state index in [1.54, 1.807) is 12.1 Å². The van der Waals surface area contributed by atoms with Crippen LogP contribution in [-0.2, 0) is 20.9 Å². The molecule has 2 aromatic carbocycles. The summed E-state index contributed by atoms with van der Waals surface area (Å²) in [6.07, 6.45) is 3.90. The van der Waals surface area contributed by atoms with Gasteiger partial charge >= 0.3 is 5.97 Å². The fourth-order valence-corrected chi connectivity index (χ4v) is 2.83. The molecular weight excluding hydrogens is 382 g/mol. The average molecular weight is 405 g/mol. The van der Waals surface area contributed by atoms with Crippen LogP contribution >= 0.6 is 0 Å². The van der Waals surface area contributed by atoms with Crippen molar-refractivity contribution in [2.45, 2.75) is 25.2 Å². The number of hydrogen-bond acceptors (Lipinski definition) is 6. The Morgan fingerprint density at radius 2 is 1.80 bits per heavy atom. The van der Waals surface area contributed by atoms with Crippen LogP contribution in [0.3, 0.4) is 0 Å². The van der Waals surface area contributed by atoms with Crippen molar-refractivity contribution < 1.29 is 19.4 Å². The number of pyridine rings is 1. The number of esters is 1. The van der Waals surface area contributed by atoms with Crippen LogP contribution in [0.4, 0.5) is 0 Å². The van der Waals surface area contributed by atoms with Gasteiger partial charge in [0.25, 0.3) is 0 Å². The fraction of sp³-hybridized carbons (Fsp3) is 0.174. The minimum absolute atomic E-state index is 0.0578. The number of para-hydroxylation sites is 1. The summed E-state index contributed by atoms with van der Waals surface area (Å²) in [5.41, 5.74) is 6.58. The highest BCUT2D eigenvalue weighted by Crippen LogP contribution is 2.23. The Balaban J connectivity index is 0.000000175. The summed E-state index contributed by atoms with van der Waals surface area (Å²) in [5, 5.41) is 12.0. The van der Waals surface area contributed by atoms with Crippen LogP contribution in [0.15, 0.2) is 73.1 Å². The normalized spacial score (nSPS) is 13.7. The molecule has 4 N–H and O–H groups in total. The number of nitrogens with zero attached hydrogens (tertiary/aromatic N) is 1. The zero-order valence-electron chi connectivity index (χ0n) is 16.5. The van der Waals surface area contributed by atoms with Crippen LogP contribution in [0.2, 0.25) is 0 Å². The molecule has 0 aliphatic rings. The number of hydrogen-bond donors (Lipinski definition) is 3. The van der Waals surface area contributed by atoms with Crippen molar-refractivity contribution >= 4 is 34.1 Å². The summed E-state index contributed by atoms with van der Waals surface area (Å²) >= 11 is 0. The van der Waals surface area contributed by atoms with Crippen LogP contribution < -0.4 is 5.73 Å². The van der Waals surface area contributed by atoms with E-state index in [-0.39, 0.29) is 12.9 Å². The van der Waals surface area contributed by atoms with Gasteiger partial charge in [0.15, 0.2) is 6.29 Å². The minimum Gasteiger partial charge on any atom is -0.460 e. The molecule has 0 radical (unpaired) electrons. The van der Waals surface area contributed by atoms with Crippen molar-refractivity contribution in [1.82, 2.24) is 9.97 Å². The number of nitrogens with one attached hydrogen (secondary N) is 1. The lowest BCUT2D eigenvalue weighted by Crippen LogP contribution is -2.52. The Morgan fingerprint density at radius 1 is 1.13 bits per heavy atom. The van der Waals surface area contributed by atoms with Gasteiger partial charge in [-0.1, -0.05) is 48.5 Å². The number of H-pyrrole nitrogens is 1. The van der Waals surface area contributed by atoms with E-state index < -0.39 is 17.6 Å². The number of aromatic amines is 1. The molecular formula is C23H23N3O4. The van der Waals surface area contributed by atoms with Crippen LogP contribution in [-0.4, -0.2) is 39.0 Å². The Hall–Kier alpha value is -3.55. The molecule has 0 bridgehead atoms. The summed E-state index contributed by atoms with van der Waals surface area (Å²) in [6, 6.07) is 18.0. The first-order valence-electron chi connectivity index (χ1n) is 9.37. The summed E-state index contributed by atoms with van der Waals surface area (Å²) < 4.78 is 4.90. The molecule has 4 rings (SSSR count). The average Bonchev–Trinajstić information content (AvgIpc) is 3.17. The van der Waals surface area contributed by atoms with Crippen molar-refractivity contribution in [3.8, 4) is 0 Å². The predicted octanol–water partition coefficient (Wildman–Crippen LogP) is 2.72. The van der Waals surface area contributed by atoms with E-state index in [0.717, 1.165) is 18.0 Å². The second kappa shape index (κ2) is 9.30. The Morgan fingerprint density at radius 3 is 2.53 bits per heavy atom. The number of aliphatic hydroxyl groups is 1. The molecule has 0 saturated carbocycles. The third kappa shape index (κ3) is 4.89. The summed E-state index contributed by atoms with van der Waals surface area (Å²) in [5.74, 6) is -0.814. The van der Waals surface area contributed by atoms with Crippen LogP contribution in [0.25, 0.3) is 21.8 Å². The molecule has 0 aliphatic carbocycles. The molecule has 7 heteroatoms. The summed E-state index contributed by atoms with van der Waals surface area (Å²) in [4.78, 5) is 29.4. The third-order valence-corrected chi connectivity index (χ3v) is 4.65. The quantitative estimate of drug-likeness (QED) is 0.347. The molecule has 30 heavy (non-hydrogen) atoms. The number of fused-ring (bicyclic) bond motifs is 3. The molecule has 0 amide bonds. The highest BCUT2D eigenvalue weighted by atomic mass is 16.5. The van der Waals surface area contributed by atoms with Gasteiger partial charge in [-0.15, -0.1) is 0 Å². The first-order valence-corrected chi connectivity index (χ1v) is 9.37. The fourth-order valence-electron chi connectivity index (χ4n) is 2.83. The molecule has 0 spiro atoms. The molecule has 0 aliphatic heterocycles. The van der Waals surface area contributed by atoms with Crippen molar-refractivity contribution in [1.29, 1.82) is 0 Å². The van der Waals surface area contributed by atoms with Gasteiger partial charge in [0, 0.05) is 22.5 Å². The van der Waals surface area contributed by atoms with Gasteiger partial charge in [-0.3, -0.25) is 9.78 Å². The van der Waals surface area contributed by atoms with Gasteiger partial charge in [0.2, 0.25) is 0 Å². The molecule has 154 valence electrons. The van der Waals surface area contributed by atoms with E-state index in [1.165, 1.54) is 16.3 Å². The predicted molar refractivity (Wildman–Crippen MR) is 115 cm³/mol. The maximum Gasteiger partial charge on any atom is 0.326 e. The van der Waals surface area contributed by atoms with E-state index in [1.807, 2.05) is 42.7 Å². The lowest BCUT2D eigenvalue weighted by Gasteiger charge is -2.22. The maximum atomic E-state index is 11.5. The number of nitrogens with two attached hydrogens (primary N) is 1. The molecule has 2 atom stereocenters. The minimum atomic E-state index is -1.91. The standard InChI is InChI=1S/C12H15NO4.C11H8N2/c1-12(16,8-14)10(13)11(15)17-7-9-5-3-2-4-6-9;1-2-4-10-8(3-1)9-5-6-12-7-11(9)13-10/h2-6,8,10,16H,7,13H2,1H3;1-7,13H. The molecule has 0 fully saturated rings. The zero-order chi connectivity index (χ0) is 21.6. The van der Waals surface area contributed by atoms with E-state index in [2.05, 4.69) is 28.2 Å². The molecule has 2 heterocycles. The summed E-state index contributed by atoms with van der Waals surface area (Å²) in [7, 11) is 0. The number of carbonyl (C=O) groups excluding carboxylic acids is 2. The molecule has 0 saturated heterocycles. The number of aldehydes is 1. The van der Waals surface area contributed by atoms with Gasteiger partial charge in [0.05, 0.1) is 11.7 Å². The Kier molecular flexibility index (Phi) is 6.56. The van der Waals surface area contributed by atoms with Crippen molar-refractivity contribution in [3.63, 3.8) is 0 Å². The van der Waals surface area contributed by atoms with Crippen LogP contribution in [0, 0.1) is 0 Å². The molecule has 7 nitrogen and oxygen atoms in total. The van der Waals surface area contributed by atoms with Gasteiger partial charge in [-0.2, -0.15) is 0 Å². The Bertz CT molecular complexity index is 1090. The lowest BCUT2D eigenvalue weighted by atomic mass is 9.99. The first-order chi connectivity index (χ1) is 14.4. The SMILES string of the molecule is CC(O)(C=O)C(N)C(=O)OCc1ccccc1.c1ccc2c(c1)[nH]c1cnccc12. The Labute approximate surface area is 173 Å². The molecule has 2 aromatic heterocycles. The smallest absolute Gasteiger partial charge is 0.326 e. The van der Waals surface area contributed by atoms with Gasteiger partial charge in [-0.05, 0) is 24.6 Å². The second-order valence-electron chi connectivity index (χ2n) is 7.01. The number of carbonyl (C=O) groups is 2. The van der Waals surface area contributed by atoms with Gasteiger partial charge < -0.3 is 25.4 Å². The highest BCUT2D eigenvalue weighted by Gasteiger charge is 2.35. The van der Waals surface area contributed by atoms with Crippen LogP contribution in [0.1, 0.15) is 12.5 Å². The maximum absolute atomic E-state index is 11.5. The van der Waals surface area contributed by atoms with E-state index in [9.17, 15) is 14.7 Å². The topological polar surface area (TPSA) is 118 Å². The monoisotopic (exact) mass is 405 g/mol. The van der Waals surface area contributed by atoms with E-state index in [4.69, 9.17) is 10.5 Å². The van der Waals surface area contributed by atoms with Gasteiger partial charge in [-0.25, -0.2) is 0 Å². The van der Waals surface area contributed by atoms with Crippen molar-refractivity contribution in [2.24, 2.45) is 5.73 Å². The molecule has 2 unspecified atom stereocenters. The number of aromatic nitrogens is 2. The second-order valence-corrected chi connectivity index (χ2v) is 7.01. The highest BCUT2D eigenvalue weighted by molar-refractivity contribution is 6.06. The number of ether oxygens (including phenoxy) is 1. The number of rotatable bonds is 5. The lowest BCUT2D eigenvalue weighted by molar-refractivity contribution is -0.154. The molecule has 4 aromatic rings. The van der Waals surface area contributed by atoms with E-state index >= 15 is 0 Å². The van der Waals surface area contributed by atoms with Crippen LogP contribution in [0.5, 0.6) is 0 Å². The van der Waals surface area contributed by atoms with Crippen molar-refractivity contribution in [2.75, 3.05) is 0 Å². The number of benzene rings is 2. The largest absolute Gasteiger partial charge is 0.460 e. The van der Waals surface area contributed by atoms with E-state index in [0.29, 0.717) is 0 Å². The van der Waals surface area contributed by atoms with Gasteiger partial charge in [0.1, 0.15) is 18.2 Å².